The Balaban J connectivity index is 2.04. The van der Waals surface area contributed by atoms with Crippen LogP contribution < -0.4 is 10.1 Å². The first-order chi connectivity index (χ1) is 11.8. The number of halogens is 2. The van der Waals surface area contributed by atoms with Gasteiger partial charge < -0.3 is 15.0 Å². The average molecular weight is 381 g/mol. The number of benzene rings is 2. The summed E-state index contributed by atoms with van der Waals surface area (Å²) in [7, 11) is 3.28. The molecule has 25 heavy (non-hydrogen) atoms. The number of amides is 2. The van der Waals surface area contributed by atoms with Gasteiger partial charge in [-0.25, -0.2) is 0 Å². The Morgan fingerprint density at radius 2 is 1.84 bits per heavy atom. The molecule has 0 heterocycles. The van der Waals surface area contributed by atoms with E-state index in [4.69, 9.17) is 27.9 Å². The van der Waals surface area contributed by atoms with Crippen molar-refractivity contribution in [2.45, 2.75) is 13.0 Å². The van der Waals surface area contributed by atoms with Crippen LogP contribution in [-0.2, 0) is 4.79 Å². The third-order valence-corrected chi connectivity index (χ3v) is 3.90. The molecule has 0 saturated carbocycles. The zero-order valence-corrected chi connectivity index (χ0v) is 15.6. The van der Waals surface area contributed by atoms with Crippen molar-refractivity contribution in [3.8, 4) is 5.75 Å². The standard InChI is InChI=1S/C18H18Cl2N2O3/c1-11(25-14-6-4-5-12(19)9-14)17(23)21-13-7-8-15(16(20)10-13)18(24)22(2)3/h4-11H,1-3H3,(H,21,23)/t11-/m1/s1. The molecule has 0 aliphatic rings. The number of hydrogen-bond donors (Lipinski definition) is 1. The van der Waals surface area contributed by atoms with Gasteiger partial charge in [-0.15, -0.1) is 0 Å². The smallest absolute Gasteiger partial charge is 0.265 e. The van der Waals surface area contributed by atoms with Gasteiger partial charge in [0.05, 0.1) is 10.6 Å². The van der Waals surface area contributed by atoms with Gasteiger partial charge in [0.25, 0.3) is 11.8 Å². The largest absolute Gasteiger partial charge is 0.481 e. The second-order valence-corrected chi connectivity index (χ2v) is 6.44. The summed E-state index contributed by atoms with van der Waals surface area (Å²) in [6, 6.07) is 11.5. The second-order valence-electron chi connectivity index (χ2n) is 5.60. The van der Waals surface area contributed by atoms with Crippen molar-refractivity contribution in [1.29, 1.82) is 0 Å². The molecule has 0 bridgehead atoms. The lowest BCUT2D eigenvalue weighted by molar-refractivity contribution is -0.122. The summed E-state index contributed by atoms with van der Waals surface area (Å²) in [6.07, 6.45) is -0.736. The number of carbonyl (C=O) groups is 2. The Kier molecular flexibility index (Phi) is 6.28. The molecule has 2 aromatic rings. The van der Waals surface area contributed by atoms with Gasteiger partial charge in [0.2, 0.25) is 0 Å². The van der Waals surface area contributed by atoms with E-state index in [1.165, 1.54) is 11.0 Å². The number of nitrogens with zero attached hydrogens (tertiary/aromatic N) is 1. The summed E-state index contributed by atoms with van der Waals surface area (Å²) < 4.78 is 5.56. The Labute approximate surface area is 156 Å². The monoisotopic (exact) mass is 380 g/mol. The molecular weight excluding hydrogens is 363 g/mol. The van der Waals surface area contributed by atoms with Crippen LogP contribution in [0, 0.1) is 0 Å². The van der Waals surface area contributed by atoms with E-state index in [0.29, 0.717) is 22.0 Å². The van der Waals surface area contributed by atoms with Crippen molar-refractivity contribution in [2.75, 3.05) is 19.4 Å². The molecule has 0 fully saturated rings. The van der Waals surface area contributed by atoms with Crippen molar-refractivity contribution in [3.63, 3.8) is 0 Å². The number of anilines is 1. The van der Waals surface area contributed by atoms with Crippen LogP contribution in [0.5, 0.6) is 5.75 Å². The fraction of sp³-hybridized carbons (Fsp3) is 0.222. The number of carbonyl (C=O) groups excluding carboxylic acids is 2. The fourth-order valence-electron chi connectivity index (χ4n) is 2.05. The third kappa shape index (κ3) is 5.11. The van der Waals surface area contributed by atoms with Crippen LogP contribution in [0.15, 0.2) is 42.5 Å². The van der Waals surface area contributed by atoms with Crippen LogP contribution in [0.1, 0.15) is 17.3 Å². The van der Waals surface area contributed by atoms with Gasteiger partial charge in [-0.3, -0.25) is 9.59 Å². The van der Waals surface area contributed by atoms with Crippen molar-refractivity contribution < 1.29 is 14.3 Å². The van der Waals surface area contributed by atoms with Gasteiger partial charge in [-0.2, -0.15) is 0 Å². The third-order valence-electron chi connectivity index (χ3n) is 3.35. The van der Waals surface area contributed by atoms with Crippen LogP contribution in [0.4, 0.5) is 5.69 Å². The van der Waals surface area contributed by atoms with E-state index in [-0.39, 0.29) is 16.8 Å². The molecule has 1 N–H and O–H groups in total. The lowest BCUT2D eigenvalue weighted by Crippen LogP contribution is -2.30. The number of ether oxygens (including phenoxy) is 1. The van der Waals surface area contributed by atoms with Crippen LogP contribution in [0.2, 0.25) is 10.0 Å². The van der Waals surface area contributed by atoms with Crippen LogP contribution in [-0.4, -0.2) is 36.9 Å². The molecule has 2 aromatic carbocycles. The molecule has 0 aromatic heterocycles. The molecule has 2 amide bonds. The van der Waals surface area contributed by atoms with Crippen molar-refractivity contribution in [3.05, 3.63) is 58.1 Å². The minimum atomic E-state index is -0.736. The van der Waals surface area contributed by atoms with E-state index in [1.54, 1.807) is 57.4 Å². The number of nitrogens with one attached hydrogen (secondary N) is 1. The van der Waals surface area contributed by atoms with E-state index in [1.807, 2.05) is 0 Å². The SMILES string of the molecule is C[C@@H](Oc1cccc(Cl)c1)C(=O)Nc1ccc(C(=O)N(C)C)c(Cl)c1. The molecule has 2 rings (SSSR count). The van der Waals surface area contributed by atoms with E-state index >= 15 is 0 Å². The highest BCUT2D eigenvalue weighted by atomic mass is 35.5. The lowest BCUT2D eigenvalue weighted by atomic mass is 10.2. The Morgan fingerprint density at radius 1 is 1.12 bits per heavy atom. The molecule has 0 unspecified atom stereocenters. The molecule has 0 saturated heterocycles. The highest BCUT2D eigenvalue weighted by Gasteiger charge is 2.17. The van der Waals surface area contributed by atoms with Gasteiger partial charge in [-0.1, -0.05) is 29.3 Å². The summed E-state index contributed by atoms with van der Waals surface area (Å²) in [5, 5.41) is 3.50. The highest BCUT2D eigenvalue weighted by molar-refractivity contribution is 6.34. The summed E-state index contributed by atoms with van der Waals surface area (Å²) >= 11 is 12.0. The maximum Gasteiger partial charge on any atom is 0.265 e. The molecule has 7 heteroatoms. The van der Waals surface area contributed by atoms with Crippen molar-refractivity contribution in [1.82, 2.24) is 4.90 Å². The van der Waals surface area contributed by atoms with Crippen molar-refractivity contribution in [2.24, 2.45) is 0 Å². The second kappa shape index (κ2) is 8.23. The normalized spacial score (nSPS) is 11.6. The molecule has 0 aliphatic heterocycles. The van der Waals surface area contributed by atoms with Gasteiger partial charge in [0.1, 0.15) is 5.75 Å². The summed E-state index contributed by atoms with van der Waals surface area (Å²) in [5.41, 5.74) is 0.847. The average Bonchev–Trinajstić information content (AvgIpc) is 2.54. The van der Waals surface area contributed by atoms with E-state index < -0.39 is 6.10 Å². The molecule has 0 spiro atoms. The van der Waals surface area contributed by atoms with Crippen LogP contribution in [0.3, 0.4) is 0 Å². The maximum atomic E-state index is 12.3. The zero-order chi connectivity index (χ0) is 18.6. The topological polar surface area (TPSA) is 58.6 Å². The quantitative estimate of drug-likeness (QED) is 0.849. The van der Waals surface area contributed by atoms with E-state index in [0.717, 1.165) is 0 Å². The molecule has 1 atom stereocenters. The van der Waals surface area contributed by atoms with Gasteiger partial charge >= 0.3 is 0 Å². The van der Waals surface area contributed by atoms with Crippen LogP contribution in [0.25, 0.3) is 0 Å². The number of hydrogen-bond acceptors (Lipinski definition) is 3. The summed E-state index contributed by atoms with van der Waals surface area (Å²) in [4.78, 5) is 25.6. The first-order valence-electron chi connectivity index (χ1n) is 7.52. The first kappa shape index (κ1) is 19.1. The highest BCUT2D eigenvalue weighted by Crippen LogP contribution is 2.23. The molecule has 0 aliphatic carbocycles. The predicted octanol–water partition coefficient (Wildman–Crippen LogP) is 4.10. The first-order valence-corrected chi connectivity index (χ1v) is 8.28. The molecular formula is C18H18Cl2N2O3. The number of rotatable bonds is 5. The molecule has 132 valence electrons. The van der Waals surface area contributed by atoms with E-state index in [9.17, 15) is 9.59 Å². The Hall–Kier alpha value is -2.24. The van der Waals surface area contributed by atoms with Gasteiger partial charge in [0.15, 0.2) is 6.10 Å². The van der Waals surface area contributed by atoms with Gasteiger partial charge in [0, 0.05) is 24.8 Å². The van der Waals surface area contributed by atoms with E-state index in [2.05, 4.69) is 5.32 Å². The fourth-order valence-corrected chi connectivity index (χ4v) is 2.49. The molecule has 5 nitrogen and oxygen atoms in total. The predicted molar refractivity (Wildman–Crippen MR) is 99.6 cm³/mol. The minimum absolute atomic E-state index is 0.208. The maximum absolute atomic E-state index is 12.3. The molecule has 0 radical (unpaired) electrons. The Bertz CT molecular complexity index is 794. The van der Waals surface area contributed by atoms with Gasteiger partial charge in [-0.05, 0) is 43.3 Å². The van der Waals surface area contributed by atoms with Crippen molar-refractivity contribution >= 4 is 40.7 Å². The van der Waals surface area contributed by atoms with Crippen LogP contribution >= 0.6 is 23.2 Å². The zero-order valence-electron chi connectivity index (χ0n) is 14.0. The summed E-state index contributed by atoms with van der Waals surface area (Å²) in [5.74, 6) is -0.0524. The lowest BCUT2D eigenvalue weighted by Gasteiger charge is -2.16. The summed E-state index contributed by atoms with van der Waals surface area (Å²) in [6.45, 7) is 1.63. The minimum Gasteiger partial charge on any atom is -0.481 e. The Morgan fingerprint density at radius 3 is 2.44 bits per heavy atom.